The number of benzene rings is 1. The number of hydrogen-bond acceptors (Lipinski definition) is 5. The molecule has 20 heavy (non-hydrogen) atoms. The first kappa shape index (κ1) is 12.6. The lowest BCUT2D eigenvalue weighted by Gasteiger charge is -2.05. The number of rotatable bonds is 3. The molecule has 6 nitrogen and oxygen atoms in total. The van der Waals surface area contributed by atoms with Gasteiger partial charge in [-0.15, -0.1) is 0 Å². The number of hydrogen-bond donors (Lipinski definition) is 1. The molecule has 0 bridgehead atoms. The summed E-state index contributed by atoms with van der Waals surface area (Å²) in [6.07, 6.45) is 0.549. The fraction of sp³-hybridized carbons (Fsp3) is 0.308. The first-order chi connectivity index (χ1) is 9.54. The smallest absolute Gasteiger partial charge is 0.228 e. The second kappa shape index (κ2) is 4.59. The summed E-state index contributed by atoms with van der Waals surface area (Å²) >= 11 is 0. The second-order valence-corrected chi connectivity index (χ2v) is 4.70. The normalized spacial score (nSPS) is 11.3. The van der Waals surface area contributed by atoms with Gasteiger partial charge in [-0.1, -0.05) is 5.16 Å². The van der Waals surface area contributed by atoms with E-state index in [4.69, 9.17) is 10.3 Å². The van der Waals surface area contributed by atoms with Crippen LogP contribution in [0, 0.1) is 19.7 Å². The topological polar surface area (TPSA) is 82.8 Å². The molecule has 0 fully saturated rings. The van der Waals surface area contributed by atoms with E-state index in [1.54, 1.807) is 19.9 Å². The Hall–Kier alpha value is -2.44. The summed E-state index contributed by atoms with van der Waals surface area (Å²) in [6.45, 7) is 4.03. The highest BCUT2D eigenvalue weighted by molar-refractivity contribution is 5.79. The van der Waals surface area contributed by atoms with Gasteiger partial charge in [0.15, 0.2) is 5.82 Å². The van der Waals surface area contributed by atoms with Crippen molar-refractivity contribution in [3.8, 4) is 0 Å². The van der Waals surface area contributed by atoms with E-state index in [-0.39, 0.29) is 5.82 Å². The molecule has 0 amide bonds. The molecule has 0 saturated carbocycles. The van der Waals surface area contributed by atoms with Crippen LogP contribution in [-0.2, 0) is 13.0 Å². The Morgan fingerprint density at radius 1 is 1.30 bits per heavy atom. The lowest BCUT2D eigenvalue weighted by Crippen LogP contribution is -2.06. The van der Waals surface area contributed by atoms with Crippen LogP contribution in [-0.4, -0.2) is 19.7 Å². The molecule has 1 aromatic carbocycles. The van der Waals surface area contributed by atoms with Crippen molar-refractivity contribution in [1.29, 1.82) is 0 Å². The van der Waals surface area contributed by atoms with Crippen molar-refractivity contribution in [2.24, 2.45) is 0 Å². The predicted octanol–water partition coefficient (Wildman–Crippen LogP) is 2.00. The van der Waals surface area contributed by atoms with E-state index < -0.39 is 0 Å². The maximum absolute atomic E-state index is 13.5. The molecule has 0 aliphatic carbocycles. The monoisotopic (exact) mass is 275 g/mol. The number of nitrogen functional groups attached to an aromatic ring is 1. The molecule has 3 rings (SSSR count). The van der Waals surface area contributed by atoms with Gasteiger partial charge in [0.2, 0.25) is 11.8 Å². The molecule has 0 spiro atoms. The minimum absolute atomic E-state index is 0.283. The van der Waals surface area contributed by atoms with Crippen LogP contribution in [0.5, 0.6) is 0 Å². The third-order valence-electron chi connectivity index (χ3n) is 3.18. The van der Waals surface area contributed by atoms with Gasteiger partial charge < -0.3 is 14.8 Å². The number of anilines is 1. The van der Waals surface area contributed by atoms with Crippen LogP contribution in [0.2, 0.25) is 0 Å². The molecular weight excluding hydrogens is 261 g/mol. The van der Waals surface area contributed by atoms with E-state index in [0.717, 1.165) is 5.52 Å². The molecule has 0 atom stereocenters. The zero-order valence-electron chi connectivity index (χ0n) is 11.2. The number of aryl methyl sites for hydroxylation is 4. The van der Waals surface area contributed by atoms with Crippen LogP contribution in [0.15, 0.2) is 16.7 Å². The number of nitrogens with two attached hydrogens (primary N) is 1. The largest absolute Gasteiger partial charge is 0.369 e. The Morgan fingerprint density at radius 3 is 2.80 bits per heavy atom. The van der Waals surface area contributed by atoms with Crippen LogP contribution in [0.3, 0.4) is 0 Å². The average Bonchev–Trinajstić information content (AvgIpc) is 2.92. The SMILES string of the molecule is Cc1noc(CCn2c(N)nc3cc(F)c(C)cc32)n1. The third-order valence-corrected chi connectivity index (χ3v) is 3.18. The van der Waals surface area contributed by atoms with Crippen molar-refractivity contribution in [2.45, 2.75) is 26.8 Å². The van der Waals surface area contributed by atoms with Gasteiger partial charge in [-0.05, 0) is 25.5 Å². The molecule has 0 aliphatic heterocycles. The van der Waals surface area contributed by atoms with Crippen molar-refractivity contribution in [3.63, 3.8) is 0 Å². The van der Waals surface area contributed by atoms with E-state index >= 15 is 0 Å². The molecule has 0 radical (unpaired) electrons. The van der Waals surface area contributed by atoms with Gasteiger partial charge in [-0.2, -0.15) is 4.98 Å². The number of nitrogens with zero attached hydrogens (tertiary/aromatic N) is 4. The fourth-order valence-corrected chi connectivity index (χ4v) is 2.15. The molecule has 7 heteroatoms. The molecule has 0 saturated heterocycles. The molecule has 0 aliphatic rings. The van der Waals surface area contributed by atoms with Crippen molar-refractivity contribution in [1.82, 2.24) is 19.7 Å². The molecule has 104 valence electrons. The highest BCUT2D eigenvalue weighted by Crippen LogP contribution is 2.21. The van der Waals surface area contributed by atoms with Crippen LogP contribution in [0.25, 0.3) is 11.0 Å². The van der Waals surface area contributed by atoms with Gasteiger partial charge in [-0.25, -0.2) is 9.37 Å². The maximum Gasteiger partial charge on any atom is 0.228 e. The van der Waals surface area contributed by atoms with Crippen LogP contribution < -0.4 is 5.73 Å². The number of imidazole rings is 1. The van der Waals surface area contributed by atoms with Gasteiger partial charge in [0.05, 0.1) is 11.0 Å². The molecule has 2 heterocycles. The minimum Gasteiger partial charge on any atom is -0.369 e. The lowest BCUT2D eigenvalue weighted by atomic mass is 10.2. The number of halogens is 1. The van der Waals surface area contributed by atoms with Crippen molar-refractivity contribution >= 4 is 17.0 Å². The van der Waals surface area contributed by atoms with Crippen molar-refractivity contribution in [3.05, 3.63) is 35.2 Å². The number of aromatic nitrogens is 4. The van der Waals surface area contributed by atoms with Crippen molar-refractivity contribution < 1.29 is 8.91 Å². The Labute approximate surface area is 114 Å². The van der Waals surface area contributed by atoms with E-state index in [0.29, 0.717) is 41.7 Å². The van der Waals surface area contributed by atoms with E-state index in [1.807, 2.05) is 4.57 Å². The van der Waals surface area contributed by atoms with Crippen LogP contribution >= 0.6 is 0 Å². The minimum atomic E-state index is -0.283. The summed E-state index contributed by atoms with van der Waals surface area (Å²) < 4.78 is 20.4. The van der Waals surface area contributed by atoms with Gasteiger partial charge in [0.1, 0.15) is 5.82 Å². The third kappa shape index (κ3) is 2.11. The summed E-state index contributed by atoms with van der Waals surface area (Å²) in [6, 6.07) is 3.14. The Morgan fingerprint density at radius 2 is 2.10 bits per heavy atom. The van der Waals surface area contributed by atoms with Crippen molar-refractivity contribution in [2.75, 3.05) is 5.73 Å². The molecule has 3 aromatic rings. The molecule has 0 unspecified atom stereocenters. The Bertz CT molecular complexity index is 777. The summed E-state index contributed by atoms with van der Waals surface area (Å²) in [5.41, 5.74) is 7.80. The highest BCUT2D eigenvalue weighted by Gasteiger charge is 2.12. The zero-order valence-corrected chi connectivity index (χ0v) is 11.2. The lowest BCUT2D eigenvalue weighted by molar-refractivity contribution is 0.369. The quantitative estimate of drug-likeness (QED) is 0.790. The summed E-state index contributed by atoms with van der Waals surface area (Å²) in [5.74, 6) is 1.21. The van der Waals surface area contributed by atoms with E-state index in [9.17, 15) is 4.39 Å². The van der Waals surface area contributed by atoms with Crippen LogP contribution in [0.4, 0.5) is 10.3 Å². The van der Waals surface area contributed by atoms with E-state index in [1.165, 1.54) is 6.07 Å². The highest BCUT2D eigenvalue weighted by atomic mass is 19.1. The van der Waals surface area contributed by atoms with E-state index in [2.05, 4.69) is 15.1 Å². The number of fused-ring (bicyclic) bond motifs is 1. The summed E-state index contributed by atoms with van der Waals surface area (Å²) in [5, 5.41) is 3.74. The zero-order chi connectivity index (χ0) is 14.3. The first-order valence-electron chi connectivity index (χ1n) is 6.25. The maximum atomic E-state index is 13.5. The standard InChI is InChI=1S/C13H14FN5O/c1-7-5-11-10(6-9(7)14)17-13(15)19(11)4-3-12-16-8(2)18-20-12/h5-6H,3-4H2,1-2H3,(H2,15,17). The molecular formula is C13H14FN5O. The van der Waals surface area contributed by atoms with Gasteiger partial charge in [-0.3, -0.25) is 0 Å². The van der Waals surface area contributed by atoms with Gasteiger partial charge in [0, 0.05) is 19.0 Å². The fourth-order valence-electron chi connectivity index (χ4n) is 2.15. The summed E-state index contributed by atoms with van der Waals surface area (Å²) in [4.78, 5) is 8.31. The van der Waals surface area contributed by atoms with Gasteiger partial charge in [0.25, 0.3) is 0 Å². The predicted molar refractivity (Wildman–Crippen MR) is 71.6 cm³/mol. The molecule has 2 aromatic heterocycles. The van der Waals surface area contributed by atoms with Crippen LogP contribution in [0.1, 0.15) is 17.3 Å². The average molecular weight is 275 g/mol. The second-order valence-electron chi connectivity index (χ2n) is 4.70. The Balaban J connectivity index is 1.94. The molecule has 2 N–H and O–H groups in total. The van der Waals surface area contributed by atoms with Gasteiger partial charge >= 0.3 is 0 Å². The Kier molecular flexibility index (Phi) is 2.89. The summed E-state index contributed by atoms with van der Waals surface area (Å²) in [7, 11) is 0. The first-order valence-corrected chi connectivity index (χ1v) is 6.25.